The molecule has 1 N–H and O–H groups in total. The van der Waals surface area contributed by atoms with Gasteiger partial charge in [0.05, 0.1) is 36.9 Å². The fourth-order valence-electron chi connectivity index (χ4n) is 2.59. The molecule has 2 rings (SSSR count). The number of nitrogens with one attached hydrogen (secondary N) is 1. The minimum Gasteiger partial charge on any atom is -0.379 e. The van der Waals surface area contributed by atoms with E-state index in [1.165, 1.54) is 20.3 Å². The Labute approximate surface area is 143 Å². The van der Waals surface area contributed by atoms with Crippen LogP contribution in [0.15, 0.2) is 11.1 Å². The van der Waals surface area contributed by atoms with Gasteiger partial charge < -0.3 is 4.74 Å². The van der Waals surface area contributed by atoms with Gasteiger partial charge in [-0.25, -0.2) is 25.9 Å². The Morgan fingerprint density at radius 2 is 2.00 bits per heavy atom. The number of hydrogen-bond donors (Lipinski definition) is 1. The predicted molar refractivity (Wildman–Crippen MR) is 88.5 cm³/mol. The number of rotatable bonds is 7. The predicted octanol–water partition coefficient (Wildman–Crippen LogP) is -0.604. The summed E-state index contributed by atoms with van der Waals surface area (Å²) in [6.07, 6.45) is 1.31. The molecule has 9 nitrogen and oxygen atoms in total. The molecule has 0 amide bonds. The van der Waals surface area contributed by atoms with E-state index in [0.717, 1.165) is 4.31 Å². The monoisotopic (exact) mass is 380 g/mol. The molecule has 0 spiro atoms. The third kappa shape index (κ3) is 3.97. The largest absolute Gasteiger partial charge is 0.379 e. The van der Waals surface area contributed by atoms with Crippen molar-refractivity contribution in [2.45, 2.75) is 31.3 Å². The number of aryl methyl sites for hydroxylation is 1. The van der Waals surface area contributed by atoms with Crippen molar-refractivity contribution < 1.29 is 21.6 Å². The van der Waals surface area contributed by atoms with Crippen LogP contribution in [0, 0.1) is 12.8 Å². The van der Waals surface area contributed by atoms with Gasteiger partial charge in [0, 0.05) is 26.6 Å². The van der Waals surface area contributed by atoms with Gasteiger partial charge in [-0.3, -0.25) is 4.68 Å². The molecule has 0 saturated carbocycles. The molecule has 1 aromatic rings. The fraction of sp³-hybridized carbons (Fsp3) is 0.769. The van der Waals surface area contributed by atoms with Crippen molar-refractivity contribution in [2.24, 2.45) is 5.92 Å². The second-order valence-electron chi connectivity index (χ2n) is 6.00. The molecule has 1 saturated heterocycles. The highest BCUT2D eigenvalue weighted by molar-refractivity contribution is 7.89. The normalized spacial score (nSPS) is 22.4. The molecule has 2 heterocycles. The van der Waals surface area contributed by atoms with Gasteiger partial charge in [0.1, 0.15) is 4.90 Å². The van der Waals surface area contributed by atoms with Crippen LogP contribution in [0.5, 0.6) is 0 Å². The molecule has 0 radical (unpaired) electrons. The Morgan fingerprint density at radius 1 is 1.33 bits per heavy atom. The summed E-state index contributed by atoms with van der Waals surface area (Å²) in [6, 6.07) is -0.589. The van der Waals surface area contributed by atoms with Crippen LogP contribution in [-0.2, 0) is 31.3 Å². The minimum absolute atomic E-state index is 0.102. The Balaban J connectivity index is 2.18. The molecule has 138 valence electrons. The first-order chi connectivity index (χ1) is 11.1. The number of sulfonamides is 2. The Hall–Kier alpha value is -1.01. The first-order valence-corrected chi connectivity index (χ1v) is 10.7. The highest BCUT2D eigenvalue weighted by Gasteiger charge is 2.36. The second-order valence-corrected chi connectivity index (χ2v) is 9.91. The van der Waals surface area contributed by atoms with E-state index in [2.05, 4.69) is 9.82 Å². The lowest BCUT2D eigenvalue weighted by Crippen LogP contribution is -2.43. The van der Waals surface area contributed by atoms with Crippen molar-refractivity contribution in [2.75, 3.05) is 33.1 Å². The number of nitrogens with zero attached hydrogens (tertiary/aromatic N) is 3. The van der Waals surface area contributed by atoms with E-state index in [1.54, 1.807) is 11.6 Å². The standard InChI is InChI=1S/C13H24N4O5S2/c1-5-17-10(2)13(6-14-17)24(20,21)15-12-8-22-7-11(12)9-23(18,19)16(3)4/h6,11-12,15H,5,7-9H2,1-4H3/t11-,12+/m0/s1. The summed E-state index contributed by atoms with van der Waals surface area (Å²) in [5, 5.41) is 4.04. The van der Waals surface area contributed by atoms with Gasteiger partial charge in [0.2, 0.25) is 20.0 Å². The number of hydrogen-bond acceptors (Lipinski definition) is 6. The zero-order chi connectivity index (χ0) is 18.1. The quantitative estimate of drug-likeness (QED) is 0.676. The van der Waals surface area contributed by atoms with Gasteiger partial charge in [0.15, 0.2) is 0 Å². The van der Waals surface area contributed by atoms with Crippen LogP contribution in [0.1, 0.15) is 12.6 Å². The van der Waals surface area contributed by atoms with E-state index in [0.29, 0.717) is 12.2 Å². The second kappa shape index (κ2) is 7.08. The van der Waals surface area contributed by atoms with Crippen LogP contribution < -0.4 is 4.72 Å². The topological polar surface area (TPSA) is 111 Å². The van der Waals surface area contributed by atoms with Crippen LogP contribution in [0.25, 0.3) is 0 Å². The summed E-state index contributed by atoms with van der Waals surface area (Å²) >= 11 is 0. The average molecular weight is 380 g/mol. The highest BCUT2D eigenvalue weighted by Crippen LogP contribution is 2.21. The lowest BCUT2D eigenvalue weighted by atomic mass is 10.1. The third-order valence-corrected chi connectivity index (χ3v) is 7.69. The summed E-state index contributed by atoms with van der Waals surface area (Å²) < 4.78 is 59.9. The highest BCUT2D eigenvalue weighted by atomic mass is 32.2. The molecule has 1 aliphatic heterocycles. The summed E-state index contributed by atoms with van der Waals surface area (Å²) in [7, 11) is -4.33. The van der Waals surface area contributed by atoms with E-state index >= 15 is 0 Å². The molecule has 0 aliphatic carbocycles. The van der Waals surface area contributed by atoms with E-state index in [-0.39, 0.29) is 23.9 Å². The number of ether oxygens (including phenoxy) is 1. The van der Waals surface area contributed by atoms with Crippen molar-refractivity contribution in [3.63, 3.8) is 0 Å². The molecule has 0 bridgehead atoms. The van der Waals surface area contributed by atoms with Crippen molar-refractivity contribution in [1.82, 2.24) is 18.8 Å². The van der Waals surface area contributed by atoms with Gasteiger partial charge in [0.25, 0.3) is 0 Å². The van der Waals surface area contributed by atoms with E-state index in [1.807, 2.05) is 6.92 Å². The maximum Gasteiger partial charge on any atom is 0.244 e. The van der Waals surface area contributed by atoms with Crippen LogP contribution >= 0.6 is 0 Å². The molecule has 11 heteroatoms. The van der Waals surface area contributed by atoms with Gasteiger partial charge in [-0.1, -0.05) is 0 Å². The lowest BCUT2D eigenvalue weighted by Gasteiger charge is -2.20. The summed E-state index contributed by atoms with van der Waals surface area (Å²) in [4.78, 5) is 0.102. The Kier molecular flexibility index (Phi) is 5.70. The molecule has 0 unspecified atom stereocenters. The Morgan fingerprint density at radius 3 is 2.54 bits per heavy atom. The van der Waals surface area contributed by atoms with E-state index in [4.69, 9.17) is 4.74 Å². The van der Waals surface area contributed by atoms with E-state index < -0.39 is 32.0 Å². The lowest BCUT2D eigenvalue weighted by molar-refractivity contribution is 0.185. The van der Waals surface area contributed by atoms with Crippen LogP contribution in [0.2, 0.25) is 0 Å². The molecule has 1 fully saturated rings. The van der Waals surface area contributed by atoms with Crippen LogP contribution in [0.4, 0.5) is 0 Å². The van der Waals surface area contributed by atoms with Crippen molar-refractivity contribution in [3.05, 3.63) is 11.9 Å². The maximum atomic E-state index is 12.6. The first-order valence-electron chi connectivity index (χ1n) is 7.61. The third-order valence-electron chi connectivity index (χ3n) is 4.13. The van der Waals surface area contributed by atoms with Crippen molar-refractivity contribution in [1.29, 1.82) is 0 Å². The van der Waals surface area contributed by atoms with Gasteiger partial charge >= 0.3 is 0 Å². The molecular formula is C13H24N4O5S2. The molecule has 2 atom stereocenters. The van der Waals surface area contributed by atoms with Crippen LogP contribution in [0.3, 0.4) is 0 Å². The summed E-state index contributed by atoms with van der Waals surface area (Å²) in [5.41, 5.74) is 0.543. The van der Waals surface area contributed by atoms with Gasteiger partial charge in [-0.2, -0.15) is 5.10 Å². The zero-order valence-corrected chi connectivity index (χ0v) is 15.9. The minimum atomic E-state index is -3.79. The maximum absolute atomic E-state index is 12.6. The van der Waals surface area contributed by atoms with Gasteiger partial charge in [-0.15, -0.1) is 0 Å². The summed E-state index contributed by atoms with van der Waals surface area (Å²) in [6.45, 7) is 4.47. The molecular weight excluding hydrogens is 356 g/mol. The van der Waals surface area contributed by atoms with Crippen LogP contribution in [-0.4, -0.2) is 70.0 Å². The molecule has 0 aromatic carbocycles. The van der Waals surface area contributed by atoms with Crippen molar-refractivity contribution in [3.8, 4) is 0 Å². The van der Waals surface area contributed by atoms with Gasteiger partial charge in [-0.05, 0) is 13.8 Å². The SMILES string of the molecule is CCn1ncc(S(=O)(=O)N[C@@H]2COC[C@H]2CS(=O)(=O)N(C)C)c1C. The fourth-order valence-corrected chi connectivity index (χ4v) is 5.22. The number of aromatic nitrogens is 2. The molecule has 1 aliphatic rings. The van der Waals surface area contributed by atoms with Crippen molar-refractivity contribution >= 4 is 20.0 Å². The molecule has 1 aromatic heterocycles. The zero-order valence-electron chi connectivity index (χ0n) is 14.3. The first kappa shape index (κ1) is 19.3. The van der Waals surface area contributed by atoms with E-state index in [9.17, 15) is 16.8 Å². The Bertz CT molecular complexity index is 785. The molecule has 24 heavy (non-hydrogen) atoms. The smallest absolute Gasteiger partial charge is 0.244 e. The average Bonchev–Trinajstić information content (AvgIpc) is 3.05. The summed E-state index contributed by atoms with van der Waals surface area (Å²) in [5.74, 6) is -0.603.